The van der Waals surface area contributed by atoms with E-state index in [0.717, 1.165) is 10.4 Å². The number of carbonyl (C=O) groups is 1. The summed E-state index contributed by atoms with van der Waals surface area (Å²) in [5, 5.41) is 2.58. The highest BCUT2D eigenvalue weighted by molar-refractivity contribution is 7.89. The monoisotopic (exact) mass is 433 g/mol. The van der Waals surface area contributed by atoms with Crippen molar-refractivity contribution in [2.24, 2.45) is 11.7 Å². The number of halogens is 5. The normalized spacial score (nSPS) is 18.6. The predicted octanol–water partition coefficient (Wildman–Crippen LogP) is 1.74. The Morgan fingerprint density at radius 1 is 1.33 bits per heavy atom. The summed E-state index contributed by atoms with van der Waals surface area (Å²) in [4.78, 5) is 11.4. The molecule has 154 valence electrons. The van der Waals surface area contributed by atoms with Crippen LogP contribution in [-0.2, 0) is 21.0 Å². The van der Waals surface area contributed by atoms with E-state index in [2.05, 4.69) is 5.32 Å². The van der Waals surface area contributed by atoms with Gasteiger partial charge in [0.2, 0.25) is 15.9 Å². The van der Waals surface area contributed by atoms with Gasteiger partial charge in [0.05, 0.1) is 16.4 Å². The van der Waals surface area contributed by atoms with Crippen LogP contribution in [0.1, 0.15) is 18.4 Å². The molecular formula is C15H20ClF4N3O3S. The molecule has 0 spiro atoms. The molecule has 0 radical (unpaired) electrons. The molecule has 3 N–H and O–H groups in total. The van der Waals surface area contributed by atoms with Crippen LogP contribution in [0.2, 0.25) is 0 Å². The van der Waals surface area contributed by atoms with Crippen molar-refractivity contribution in [2.45, 2.75) is 23.9 Å². The zero-order chi connectivity index (χ0) is 19.5. The van der Waals surface area contributed by atoms with Crippen LogP contribution in [0, 0.1) is 11.7 Å². The van der Waals surface area contributed by atoms with Crippen LogP contribution < -0.4 is 11.1 Å². The van der Waals surface area contributed by atoms with E-state index in [1.807, 2.05) is 0 Å². The largest absolute Gasteiger partial charge is 0.419 e. The van der Waals surface area contributed by atoms with Gasteiger partial charge in [-0.25, -0.2) is 12.8 Å². The van der Waals surface area contributed by atoms with Crippen molar-refractivity contribution in [3.05, 3.63) is 29.6 Å². The van der Waals surface area contributed by atoms with Crippen molar-refractivity contribution in [1.82, 2.24) is 9.62 Å². The number of alkyl halides is 3. The average Bonchev–Trinajstić information content (AvgIpc) is 2.58. The number of benzene rings is 1. The zero-order valence-electron chi connectivity index (χ0n) is 14.1. The number of nitrogens with one attached hydrogen (secondary N) is 1. The smallest absolute Gasteiger partial charge is 0.355 e. The second-order valence-electron chi connectivity index (χ2n) is 5.92. The molecule has 0 saturated carbocycles. The first-order valence-electron chi connectivity index (χ1n) is 7.92. The molecule has 0 aromatic heterocycles. The minimum Gasteiger partial charge on any atom is -0.355 e. The minimum atomic E-state index is -4.91. The summed E-state index contributed by atoms with van der Waals surface area (Å²) in [6, 6.07) is 1.48. The molecule has 1 unspecified atom stereocenters. The SMILES string of the molecule is Cl.NCCNC(=O)C1CCCN(S(=O)(=O)c2ccc(C(F)(F)F)c(F)c2)C1. The molecule has 1 atom stereocenters. The zero-order valence-corrected chi connectivity index (χ0v) is 15.8. The molecule has 1 heterocycles. The number of sulfonamides is 1. The first-order chi connectivity index (χ1) is 12.1. The number of nitrogens with zero attached hydrogens (tertiary/aromatic N) is 1. The van der Waals surface area contributed by atoms with Crippen LogP contribution in [0.25, 0.3) is 0 Å². The van der Waals surface area contributed by atoms with Crippen LogP contribution >= 0.6 is 12.4 Å². The molecule has 12 heteroatoms. The van der Waals surface area contributed by atoms with E-state index in [-0.39, 0.29) is 44.5 Å². The Kier molecular flexibility index (Phi) is 8.02. The van der Waals surface area contributed by atoms with Gasteiger partial charge in [-0.2, -0.15) is 17.5 Å². The van der Waals surface area contributed by atoms with E-state index in [9.17, 15) is 30.8 Å². The van der Waals surface area contributed by atoms with Crippen molar-refractivity contribution in [2.75, 3.05) is 26.2 Å². The summed E-state index contributed by atoms with van der Waals surface area (Å²) in [6.07, 6.45) is -4.03. The van der Waals surface area contributed by atoms with Gasteiger partial charge in [-0.15, -0.1) is 12.4 Å². The summed E-state index contributed by atoms with van der Waals surface area (Å²) < 4.78 is 77.8. The second kappa shape index (κ2) is 9.18. The van der Waals surface area contributed by atoms with Gasteiger partial charge in [-0.3, -0.25) is 4.79 Å². The average molecular weight is 434 g/mol. The number of piperidine rings is 1. The summed E-state index contributed by atoms with van der Waals surface area (Å²) in [5.74, 6) is -2.59. The Labute approximate surface area is 160 Å². The van der Waals surface area contributed by atoms with Crippen molar-refractivity contribution >= 4 is 28.3 Å². The summed E-state index contributed by atoms with van der Waals surface area (Å²) >= 11 is 0. The molecule has 1 aromatic rings. The Balaban J connectivity index is 0.00000364. The molecule has 1 fully saturated rings. The Morgan fingerprint density at radius 2 is 2.00 bits per heavy atom. The Bertz CT molecular complexity index is 774. The van der Waals surface area contributed by atoms with Gasteiger partial charge in [0, 0.05) is 26.2 Å². The Hall–Kier alpha value is -1.43. The standard InChI is InChI=1S/C15H19F4N3O3S.ClH/c16-13-8-11(3-4-12(13)15(17,18)19)26(24,25)22-7-1-2-10(9-22)14(23)21-6-5-20;/h3-4,8,10H,1-2,5-7,9,20H2,(H,21,23);1H. The van der Waals surface area contributed by atoms with Gasteiger partial charge < -0.3 is 11.1 Å². The lowest BCUT2D eigenvalue weighted by Crippen LogP contribution is -2.46. The molecule has 0 aliphatic carbocycles. The fraction of sp³-hybridized carbons (Fsp3) is 0.533. The molecule has 0 bridgehead atoms. The maximum atomic E-state index is 13.7. The molecule has 2 rings (SSSR count). The Morgan fingerprint density at radius 3 is 2.56 bits per heavy atom. The van der Waals surface area contributed by atoms with Crippen LogP contribution in [0.3, 0.4) is 0 Å². The van der Waals surface area contributed by atoms with E-state index >= 15 is 0 Å². The molecule has 1 amide bonds. The highest BCUT2D eigenvalue weighted by atomic mass is 35.5. The number of amides is 1. The third-order valence-corrected chi connectivity index (χ3v) is 5.94. The molecule has 1 saturated heterocycles. The number of hydrogen-bond acceptors (Lipinski definition) is 4. The van der Waals surface area contributed by atoms with Crippen LogP contribution in [0.5, 0.6) is 0 Å². The van der Waals surface area contributed by atoms with Crippen LogP contribution in [0.15, 0.2) is 23.1 Å². The minimum absolute atomic E-state index is 0. The molecule has 6 nitrogen and oxygen atoms in total. The van der Waals surface area contributed by atoms with Gasteiger partial charge in [0.1, 0.15) is 5.82 Å². The molecule has 1 aliphatic rings. The first-order valence-corrected chi connectivity index (χ1v) is 9.36. The lowest BCUT2D eigenvalue weighted by atomic mass is 9.99. The third kappa shape index (κ3) is 5.53. The number of carbonyl (C=O) groups excluding carboxylic acids is 1. The topological polar surface area (TPSA) is 92.5 Å². The maximum Gasteiger partial charge on any atom is 0.419 e. The fourth-order valence-electron chi connectivity index (χ4n) is 2.75. The van der Waals surface area contributed by atoms with Crippen LogP contribution in [-0.4, -0.2) is 44.8 Å². The summed E-state index contributed by atoms with van der Waals surface area (Å²) in [7, 11) is -4.21. The number of hydrogen-bond donors (Lipinski definition) is 2. The first kappa shape index (κ1) is 23.6. The van der Waals surface area contributed by atoms with Crippen molar-refractivity contribution in [3.8, 4) is 0 Å². The van der Waals surface area contributed by atoms with Crippen molar-refractivity contribution in [1.29, 1.82) is 0 Å². The van der Waals surface area contributed by atoms with E-state index in [1.54, 1.807) is 0 Å². The second-order valence-corrected chi connectivity index (χ2v) is 7.86. The van der Waals surface area contributed by atoms with E-state index < -0.39 is 38.4 Å². The quantitative estimate of drug-likeness (QED) is 0.692. The molecule has 27 heavy (non-hydrogen) atoms. The lowest BCUT2D eigenvalue weighted by Gasteiger charge is -2.31. The van der Waals surface area contributed by atoms with Gasteiger partial charge >= 0.3 is 6.18 Å². The predicted molar refractivity (Wildman–Crippen MR) is 92.2 cm³/mol. The third-order valence-electron chi connectivity index (χ3n) is 4.08. The molecule has 1 aliphatic heterocycles. The van der Waals surface area contributed by atoms with E-state index in [4.69, 9.17) is 5.73 Å². The lowest BCUT2D eigenvalue weighted by molar-refractivity contribution is -0.140. The summed E-state index contributed by atoms with van der Waals surface area (Å²) in [5.41, 5.74) is 3.77. The van der Waals surface area contributed by atoms with E-state index in [0.29, 0.717) is 25.0 Å². The number of nitrogens with two attached hydrogens (primary N) is 1. The highest BCUT2D eigenvalue weighted by Crippen LogP contribution is 2.33. The molecular weight excluding hydrogens is 414 g/mol. The molecule has 1 aromatic carbocycles. The number of rotatable bonds is 5. The summed E-state index contributed by atoms with van der Waals surface area (Å²) in [6.45, 7) is 0.477. The van der Waals surface area contributed by atoms with Gasteiger partial charge in [-0.1, -0.05) is 0 Å². The van der Waals surface area contributed by atoms with Gasteiger partial charge in [0.25, 0.3) is 0 Å². The van der Waals surface area contributed by atoms with Crippen molar-refractivity contribution in [3.63, 3.8) is 0 Å². The maximum absolute atomic E-state index is 13.7. The fourth-order valence-corrected chi connectivity index (χ4v) is 4.29. The highest BCUT2D eigenvalue weighted by Gasteiger charge is 2.37. The van der Waals surface area contributed by atoms with Crippen LogP contribution in [0.4, 0.5) is 17.6 Å². The van der Waals surface area contributed by atoms with Gasteiger partial charge in [-0.05, 0) is 31.0 Å². The van der Waals surface area contributed by atoms with Crippen molar-refractivity contribution < 1.29 is 30.8 Å². The van der Waals surface area contributed by atoms with Gasteiger partial charge in [0.15, 0.2) is 0 Å². The van der Waals surface area contributed by atoms with E-state index in [1.165, 1.54) is 0 Å².